The summed E-state index contributed by atoms with van der Waals surface area (Å²) in [4.78, 5) is 0. The predicted molar refractivity (Wildman–Crippen MR) is 61.8 cm³/mol. The van der Waals surface area contributed by atoms with Gasteiger partial charge in [0, 0.05) is 12.4 Å². The molecule has 1 aliphatic carbocycles. The van der Waals surface area contributed by atoms with Crippen LogP contribution in [0.25, 0.3) is 0 Å². The Morgan fingerprint density at radius 1 is 1.46 bits per heavy atom. The summed E-state index contributed by atoms with van der Waals surface area (Å²) in [5.41, 5.74) is 0.617. The van der Waals surface area contributed by atoms with Crippen LogP contribution >= 0.6 is 24.4 Å². The lowest BCUT2D eigenvalue weighted by molar-refractivity contribution is 0.129. The fourth-order valence-electron chi connectivity index (χ4n) is 1.71. The van der Waals surface area contributed by atoms with E-state index >= 15 is 0 Å². The molecule has 2 aliphatic rings. The molecule has 13 heavy (non-hydrogen) atoms. The number of thiol groups is 1. The molecular formula is C10H18OS2. The Morgan fingerprint density at radius 3 is 2.85 bits per heavy atom. The second-order valence-corrected chi connectivity index (χ2v) is 5.65. The maximum Gasteiger partial charge on any atom is 0.0666 e. The van der Waals surface area contributed by atoms with Crippen molar-refractivity contribution in [2.24, 2.45) is 5.41 Å². The van der Waals surface area contributed by atoms with E-state index in [0.29, 0.717) is 11.5 Å². The van der Waals surface area contributed by atoms with Crippen LogP contribution in [0.2, 0.25) is 0 Å². The van der Waals surface area contributed by atoms with Crippen molar-refractivity contribution in [2.75, 3.05) is 23.9 Å². The van der Waals surface area contributed by atoms with E-state index in [1.165, 1.54) is 37.2 Å². The van der Waals surface area contributed by atoms with Gasteiger partial charge in [0.1, 0.15) is 0 Å². The quantitative estimate of drug-likeness (QED) is 0.710. The summed E-state index contributed by atoms with van der Waals surface area (Å²) in [5.74, 6) is 3.58. The number of hydrogen-bond donors (Lipinski definition) is 1. The fourth-order valence-corrected chi connectivity index (χ4v) is 3.75. The molecule has 0 N–H and O–H groups in total. The van der Waals surface area contributed by atoms with Gasteiger partial charge in [-0.2, -0.15) is 24.4 Å². The Hall–Kier alpha value is 0.660. The van der Waals surface area contributed by atoms with Crippen LogP contribution in [0.5, 0.6) is 0 Å². The van der Waals surface area contributed by atoms with Gasteiger partial charge in [-0.1, -0.05) is 0 Å². The SMILES string of the molecule is SCC1(CSCC2CCCO2)CC1. The molecule has 1 atom stereocenters. The van der Waals surface area contributed by atoms with Gasteiger partial charge in [0.15, 0.2) is 0 Å². The fraction of sp³-hybridized carbons (Fsp3) is 1.00. The average Bonchev–Trinajstić information content (AvgIpc) is 2.74. The Labute approximate surface area is 90.4 Å². The molecule has 0 aromatic carbocycles. The lowest BCUT2D eigenvalue weighted by atomic mass is 10.2. The van der Waals surface area contributed by atoms with Gasteiger partial charge in [-0.25, -0.2) is 0 Å². The van der Waals surface area contributed by atoms with Gasteiger partial charge in [-0.15, -0.1) is 0 Å². The molecule has 0 radical (unpaired) electrons. The summed E-state index contributed by atoms with van der Waals surface area (Å²) in [5, 5.41) is 0. The van der Waals surface area contributed by atoms with Crippen molar-refractivity contribution < 1.29 is 4.74 Å². The van der Waals surface area contributed by atoms with E-state index in [2.05, 4.69) is 24.4 Å². The number of thioether (sulfide) groups is 1. The predicted octanol–water partition coefficient (Wildman–Crippen LogP) is 2.61. The average molecular weight is 218 g/mol. The first-order valence-electron chi connectivity index (χ1n) is 5.15. The molecule has 3 heteroatoms. The van der Waals surface area contributed by atoms with Gasteiger partial charge in [0.25, 0.3) is 0 Å². The van der Waals surface area contributed by atoms with Gasteiger partial charge >= 0.3 is 0 Å². The molecule has 0 amide bonds. The lowest BCUT2D eigenvalue weighted by Gasteiger charge is -2.13. The molecular weight excluding hydrogens is 200 g/mol. The first-order valence-corrected chi connectivity index (χ1v) is 6.94. The van der Waals surface area contributed by atoms with E-state index in [4.69, 9.17) is 4.74 Å². The monoisotopic (exact) mass is 218 g/mol. The third-order valence-corrected chi connectivity index (χ3v) is 5.12. The first kappa shape index (κ1) is 10.2. The topological polar surface area (TPSA) is 9.23 Å². The van der Waals surface area contributed by atoms with Crippen molar-refractivity contribution in [3.05, 3.63) is 0 Å². The van der Waals surface area contributed by atoms with Crippen molar-refractivity contribution in [1.82, 2.24) is 0 Å². The molecule has 1 saturated heterocycles. The number of hydrogen-bond acceptors (Lipinski definition) is 3. The van der Waals surface area contributed by atoms with Gasteiger partial charge in [-0.3, -0.25) is 0 Å². The molecule has 0 aromatic heterocycles. The molecule has 0 aromatic rings. The second kappa shape index (κ2) is 4.45. The zero-order valence-corrected chi connectivity index (χ0v) is 9.71. The molecule has 1 saturated carbocycles. The highest BCUT2D eigenvalue weighted by Gasteiger charge is 2.40. The highest BCUT2D eigenvalue weighted by molar-refractivity contribution is 7.99. The van der Waals surface area contributed by atoms with Crippen molar-refractivity contribution >= 4 is 24.4 Å². The minimum atomic E-state index is 0.556. The van der Waals surface area contributed by atoms with E-state index in [0.717, 1.165) is 12.4 Å². The largest absolute Gasteiger partial charge is 0.377 e. The highest BCUT2D eigenvalue weighted by atomic mass is 32.2. The van der Waals surface area contributed by atoms with Crippen molar-refractivity contribution in [1.29, 1.82) is 0 Å². The summed E-state index contributed by atoms with van der Waals surface area (Å²) >= 11 is 6.47. The molecule has 0 bridgehead atoms. The molecule has 1 aliphatic heterocycles. The number of ether oxygens (including phenoxy) is 1. The van der Waals surface area contributed by atoms with Gasteiger partial charge < -0.3 is 4.74 Å². The first-order chi connectivity index (χ1) is 6.35. The molecule has 1 unspecified atom stereocenters. The summed E-state index contributed by atoms with van der Waals surface area (Å²) in [6, 6.07) is 0. The zero-order valence-electron chi connectivity index (χ0n) is 8.00. The third-order valence-electron chi connectivity index (χ3n) is 3.03. The van der Waals surface area contributed by atoms with Crippen LogP contribution in [-0.2, 0) is 4.74 Å². The normalized spacial score (nSPS) is 30.7. The standard InChI is InChI=1S/C10H18OS2/c12-7-10(3-4-10)8-13-6-9-2-1-5-11-9/h9,12H,1-8H2. The summed E-state index contributed by atoms with van der Waals surface area (Å²) in [6.45, 7) is 0.989. The Kier molecular flexibility index (Phi) is 3.49. The molecule has 2 fully saturated rings. The van der Waals surface area contributed by atoms with Gasteiger partial charge in [0.2, 0.25) is 0 Å². The number of rotatable bonds is 5. The minimum absolute atomic E-state index is 0.556. The van der Waals surface area contributed by atoms with Crippen molar-refractivity contribution in [2.45, 2.75) is 31.8 Å². The minimum Gasteiger partial charge on any atom is -0.377 e. The van der Waals surface area contributed by atoms with Crippen LogP contribution in [-0.4, -0.2) is 30.0 Å². The van der Waals surface area contributed by atoms with E-state index < -0.39 is 0 Å². The van der Waals surface area contributed by atoms with E-state index in [9.17, 15) is 0 Å². The van der Waals surface area contributed by atoms with Gasteiger partial charge in [0.05, 0.1) is 6.10 Å². The molecule has 2 rings (SSSR count). The van der Waals surface area contributed by atoms with E-state index in [-0.39, 0.29) is 0 Å². The van der Waals surface area contributed by atoms with Crippen LogP contribution in [0, 0.1) is 5.41 Å². The highest BCUT2D eigenvalue weighted by Crippen LogP contribution is 2.48. The van der Waals surface area contributed by atoms with E-state index in [1.54, 1.807) is 0 Å². The molecule has 0 spiro atoms. The third kappa shape index (κ3) is 2.80. The summed E-state index contributed by atoms with van der Waals surface area (Å²) < 4.78 is 5.58. The van der Waals surface area contributed by atoms with E-state index in [1.807, 2.05) is 0 Å². The van der Waals surface area contributed by atoms with Crippen molar-refractivity contribution in [3.8, 4) is 0 Å². The van der Waals surface area contributed by atoms with Crippen LogP contribution in [0.4, 0.5) is 0 Å². The maximum atomic E-state index is 5.58. The van der Waals surface area contributed by atoms with Crippen molar-refractivity contribution in [3.63, 3.8) is 0 Å². The van der Waals surface area contributed by atoms with Crippen LogP contribution in [0.3, 0.4) is 0 Å². The zero-order chi connectivity index (χ0) is 9.15. The smallest absolute Gasteiger partial charge is 0.0666 e. The molecule has 1 nitrogen and oxygen atoms in total. The Balaban J connectivity index is 1.58. The van der Waals surface area contributed by atoms with Crippen LogP contribution in [0.15, 0.2) is 0 Å². The summed E-state index contributed by atoms with van der Waals surface area (Å²) in [7, 11) is 0. The second-order valence-electron chi connectivity index (χ2n) is 4.31. The summed E-state index contributed by atoms with van der Waals surface area (Å²) in [6.07, 6.45) is 5.90. The lowest BCUT2D eigenvalue weighted by Crippen LogP contribution is -2.12. The molecule has 1 heterocycles. The van der Waals surface area contributed by atoms with Gasteiger partial charge in [-0.05, 0) is 42.6 Å². The Morgan fingerprint density at radius 2 is 2.31 bits per heavy atom. The maximum absolute atomic E-state index is 5.58. The molecule has 76 valence electrons. The van der Waals surface area contributed by atoms with Crippen LogP contribution in [0.1, 0.15) is 25.7 Å². The Bertz CT molecular complexity index is 162. The van der Waals surface area contributed by atoms with Crippen LogP contribution < -0.4 is 0 Å².